The maximum absolute atomic E-state index is 12.8. The van der Waals surface area contributed by atoms with Gasteiger partial charge in [-0.25, -0.2) is 0 Å². The third-order valence-corrected chi connectivity index (χ3v) is 12.4. The van der Waals surface area contributed by atoms with Gasteiger partial charge in [-0.2, -0.15) is 0 Å². The van der Waals surface area contributed by atoms with Gasteiger partial charge in [-0.05, 0) is 82.7 Å². The van der Waals surface area contributed by atoms with Crippen molar-refractivity contribution in [3.05, 3.63) is 0 Å². The van der Waals surface area contributed by atoms with E-state index in [4.69, 9.17) is 14.2 Å². The fraction of sp³-hybridized carbons (Fsp3) is 0.960. The Morgan fingerprint density at radius 3 is 1.57 bits per heavy atom. The summed E-state index contributed by atoms with van der Waals surface area (Å²) < 4.78 is 17.3. The van der Waals surface area contributed by atoms with Crippen molar-refractivity contribution in [1.29, 1.82) is 0 Å². The van der Waals surface area contributed by atoms with Gasteiger partial charge in [-0.3, -0.25) is 14.5 Å². The molecule has 0 aromatic carbocycles. The summed E-state index contributed by atoms with van der Waals surface area (Å²) in [7, 11) is 0. The van der Waals surface area contributed by atoms with Crippen LogP contribution in [0.3, 0.4) is 0 Å². The van der Waals surface area contributed by atoms with Crippen LogP contribution in [0.5, 0.6) is 0 Å². The van der Waals surface area contributed by atoms with E-state index >= 15 is 0 Å². The Morgan fingerprint density at radius 1 is 0.586 bits per heavy atom. The average molecular weight is 823 g/mol. The molecular weight excluding hydrogens is 725 g/mol. The number of hydrogen-bond donors (Lipinski definition) is 1. The van der Waals surface area contributed by atoms with E-state index in [2.05, 4.69) is 37.5 Å². The van der Waals surface area contributed by atoms with Crippen molar-refractivity contribution < 1.29 is 28.9 Å². The van der Waals surface area contributed by atoms with E-state index < -0.39 is 0 Å². The van der Waals surface area contributed by atoms with Crippen molar-refractivity contribution in [2.75, 3.05) is 65.8 Å². The molecule has 1 N–H and O–H groups in total. The van der Waals surface area contributed by atoms with Crippen molar-refractivity contribution in [3.63, 3.8) is 0 Å². The molecule has 58 heavy (non-hydrogen) atoms. The lowest BCUT2D eigenvalue weighted by atomic mass is 9.94. The highest BCUT2D eigenvalue weighted by molar-refractivity contribution is 5.69. The summed E-state index contributed by atoms with van der Waals surface area (Å²) in [6.45, 7) is 16.5. The molecule has 1 fully saturated rings. The molecule has 1 aliphatic rings. The highest BCUT2D eigenvalue weighted by Gasteiger charge is 2.22. The molecule has 1 aliphatic heterocycles. The minimum atomic E-state index is -0.0503. The zero-order valence-corrected chi connectivity index (χ0v) is 39.1. The number of nitrogens with zero attached hydrogens (tertiary/aromatic N) is 2. The first-order valence-corrected chi connectivity index (χ1v) is 25.4. The normalized spacial score (nSPS) is 15.1. The third kappa shape index (κ3) is 33.5. The monoisotopic (exact) mass is 823 g/mol. The molecule has 0 aromatic heterocycles. The molecule has 1 rings (SSSR count). The molecule has 0 bridgehead atoms. The van der Waals surface area contributed by atoms with Crippen LogP contribution in [-0.2, 0) is 23.8 Å². The predicted molar refractivity (Wildman–Crippen MR) is 244 cm³/mol. The number of rotatable bonds is 43. The number of unbranched alkanes of at least 4 members (excludes halogenated alkanes) is 19. The second kappa shape index (κ2) is 41.1. The molecule has 0 spiro atoms. The molecule has 8 heteroatoms. The number of carbonyl (C=O) groups excluding carboxylic acids is 2. The molecule has 0 saturated carbocycles. The Balaban J connectivity index is 2.47. The van der Waals surface area contributed by atoms with Crippen LogP contribution in [0.25, 0.3) is 0 Å². The van der Waals surface area contributed by atoms with Gasteiger partial charge in [-0.1, -0.05) is 156 Å². The van der Waals surface area contributed by atoms with Crippen LogP contribution in [0.1, 0.15) is 227 Å². The highest BCUT2D eigenvalue weighted by Crippen LogP contribution is 2.21. The van der Waals surface area contributed by atoms with E-state index in [0.29, 0.717) is 50.5 Å². The molecule has 8 nitrogen and oxygen atoms in total. The maximum Gasteiger partial charge on any atom is 0.305 e. The molecule has 0 radical (unpaired) electrons. The summed E-state index contributed by atoms with van der Waals surface area (Å²) in [6, 6.07) is 0.379. The molecular formula is C50H98N2O6. The van der Waals surface area contributed by atoms with Crippen molar-refractivity contribution in [1.82, 2.24) is 9.80 Å². The van der Waals surface area contributed by atoms with E-state index in [0.717, 1.165) is 97.2 Å². The van der Waals surface area contributed by atoms with Gasteiger partial charge in [0.05, 0.1) is 26.4 Å². The summed E-state index contributed by atoms with van der Waals surface area (Å²) in [5.41, 5.74) is 0. The first-order chi connectivity index (χ1) is 28.4. The molecule has 2 unspecified atom stereocenters. The van der Waals surface area contributed by atoms with Crippen LogP contribution in [0, 0.1) is 11.8 Å². The van der Waals surface area contributed by atoms with Crippen LogP contribution >= 0.6 is 0 Å². The number of esters is 2. The molecule has 0 aliphatic carbocycles. The molecule has 1 saturated heterocycles. The van der Waals surface area contributed by atoms with Crippen molar-refractivity contribution in [3.8, 4) is 0 Å². The van der Waals surface area contributed by atoms with Gasteiger partial charge in [-0.15, -0.1) is 0 Å². The topological polar surface area (TPSA) is 88.5 Å². The summed E-state index contributed by atoms with van der Waals surface area (Å²) >= 11 is 0. The Morgan fingerprint density at radius 2 is 1.07 bits per heavy atom. The van der Waals surface area contributed by atoms with Crippen molar-refractivity contribution in [2.45, 2.75) is 233 Å². The zero-order chi connectivity index (χ0) is 42.2. The third-order valence-electron chi connectivity index (χ3n) is 12.4. The molecule has 0 amide bonds. The minimum Gasteiger partial charge on any atom is -0.465 e. The van der Waals surface area contributed by atoms with Crippen LogP contribution in [0.2, 0.25) is 0 Å². The van der Waals surface area contributed by atoms with E-state index in [-0.39, 0.29) is 18.5 Å². The van der Waals surface area contributed by atoms with Crippen molar-refractivity contribution >= 4 is 11.9 Å². The Kier molecular flexibility index (Phi) is 38.9. The van der Waals surface area contributed by atoms with Crippen LogP contribution in [-0.4, -0.2) is 98.6 Å². The van der Waals surface area contributed by atoms with Gasteiger partial charge in [0.25, 0.3) is 0 Å². The number of ether oxygens (including phenoxy) is 3. The number of hydrogen-bond acceptors (Lipinski definition) is 8. The summed E-state index contributed by atoms with van der Waals surface area (Å²) in [5, 5.41) is 9.81. The summed E-state index contributed by atoms with van der Waals surface area (Å²) in [6.07, 6.45) is 36.2. The Hall–Kier alpha value is -1.22. The van der Waals surface area contributed by atoms with E-state index in [1.807, 2.05) is 0 Å². The fourth-order valence-electron chi connectivity index (χ4n) is 8.47. The maximum atomic E-state index is 12.8. The van der Waals surface area contributed by atoms with Gasteiger partial charge >= 0.3 is 11.9 Å². The first-order valence-electron chi connectivity index (χ1n) is 25.4. The molecule has 0 aromatic rings. The van der Waals surface area contributed by atoms with Crippen LogP contribution in [0.15, 0.2) is 0 Å². The molecule has 344 valence electrons. The van der Waals surface area contributed by atoms with Gasteiger partial charge in [0, 0.05) is 45.1 Å². The average Bonchev–Trinajstić information content (AvgIpc) is 3.23. The van der Waals surface area contributed by atoms with Crippen LogP contribution in [0.4, 0.5) is 0 Å². The fourth-order valence-corrected chi connectivity index (χ4v) is 8.47. The molecule has 1 heterocycles. The SMILES string of the molecule is CCCCCCCCC(C)COC(=O)CCCCCN(CCCCCC(=O)OCC(CCCCCCCC)CCCCCCCC)CCN(CCO)C1CCCOC1. The highest BCUT2D eigenvalue weighted by atomic mass is 16.5. The zero-order valence-electron chi connectivity index (χ0n) is 39.1. The second-order valence-electron chi connectivity index (χ2n) is 18.1. The van der Waals surface area contributed by atoms with Gasteiger partial charge < -0.3 is 24.2 Å². The lowest BCUT2D eigenvalue weighted by Gasteiger charge is -2.35. The predicted octanol–water partition coefficient (Wildman–Crippen LogP) is 12.5. The first kappa shape index (κ1) is 54.8. The number of carbonyl (C=O) groups is 2. The van der Waals surface area contributed by atoms with Gasteiger partial charge in [0.15, 0.2) is 0 Å². The Labute approximate surface area is 360 Å². The second-order valence-corrected chi connectivity index (χ2v) is 18.1. The van der Waals surface area contributed by atoms with E-state index in [1.54, 1.807) is 0 Å². The van der Waals surface area contributed by atoms with Gasteiger partial charge in [0.2, 0.25) is 0 Å². The number of aliphatic hydroxyl groups excluding tert-OH is 1. The largest absolute Gasteiger partial charge is 0.465 e. The number of aliphatic hydroxyl groups is 1. The van der Waals surface area contributed by atoms with Gasteiger partial charge in [0.1, 0.15) is 0 Å². The standard InChI is InChI=1S/C50H98N2O6/c1-5-8-11-14-17-22-30-46(4)43-57-49(54)34-25-20-27-36-51(38-39-52(40-41-53)48-33-29-42-56-45-48)37-28-21-26-35-50(55)58-44-47(31-23-18-15-12-9-6-2)32-24-19-16-13-10-7-3/h46-48,53H,5-45H2,1-4H3. The van der Waals surface area contributed by atoms with E-state index in [1.165, 1.54) is 128 Å². The molecule has 2 atom stereocenters. The van der Waals surface area contributed by atoms with Crippen molar-refractivity contribution in [2.24, 2.45) is 11.8 Å². The smallest absolute Gasteiger partial charge is 0.305 e. The quantitative estimate of drug-likeness (QED) is 0.0480. The summed E-state index contributed by atoms with van der Waals surface area (Å²) in [5.74, 6) is 0.875. The summed E-state index contributed by atoms with van der Waals surface area (Å²) in [4.78, 5) is 30.3. The van der Waals surface area contributed by atoms with E-state index in [9.17, 15) is 14.7 Å². The Bertz CT molecular complexity index is 883. The lowest BCUT2D eigenvalue weighted by Crippen LogP contribution is -2.46. The lowest BCUT2D eigenvalue weighted by molar-refractivity contribution is -0.146. The van der Waals surface area contributed by atoms with Crippen LogP contribution < -0.4 is 0 Å². The minimum absolute atomic E-state index is 0.0205.